The van der Waals surface area contributed by atoms with E-state index in [1.807, 2.05) is 55.5 Å². The van der Waals surface area contributed by atoms with Gasteiger partial charge in [0.1, 0.15) is 10.7 Å². The summed E-state index contributed by atoms with van der Waals surface area (Å²) < 4.78 is 0. The molecule has 1 aliphatic rings. The largest absolute Gasteiger partial charge is 0.363 e. The first-order valence-corrected chi connectivity index (χ1v) is 13.9. The fraction of sp³-hybridized carbons (Fsp3) is 0.214. The van der Waals surface area contributed by atoms with Crippen LogP contribution < -0.4 is 4.90 Å². The zero-order chi connectivity index (χ0) is 26.3. The molecule has 0 spiro atoms. The van der Waals surface area contributed by atoms with Crippen molar-refractivity contribution in [3.8, 4) is 0 Å². The Hall–Kier alpha value is -3.46. The highest BCUT2D eigenvalue weighted by atomic mass is 35.5. The van der Waals surface area contributed by atoms with Crippen LogP contribution in [0.2, 0.25) is 10.0 Å². The van der Waals surface area contributed by atoms with Gasteiger partial charge in [-0.25, -0.2) is 0 Å². The summed E-state index contributed by atoms with van der Waals surface area (Å²) >= 11 is 14.2. The second kappa shape index (κ2) is 12.4. The molecule has 1 aromatic heterocycles. The van der Waals surface area contributed by atoms with Gasteiger partial charge in [-0.15, -0.1) is 15.3 Å². The van der Waals surface area contributed by atoms with Crippen molar-refractivity contribution < 1.29 is 0 Å². The van der Waals surface area contributed by atoms with E-state index < -0.39 is 0 Å². The minimum Gasteiger partial charge on any atom is -0.363 e. The zero-order valence-corrected chi connectivity index (χ0v) is 23.1. The minimum atomic E-state index is 0.451. The predicted molar refractivity (Wildman–Crippen MR) is 157 cm³/mol. The van der Waals surface area contributed by atoms with Crippen LogP contribution in [0.1, 0.15) is 24.8 Å². The van der Waals surface area contributed by atoms with Gasteiger partial charge in [-0.1, -0.05) is 40.6 Å². The Morgan fingerprint density at radius 2 is 1.18 bits per heavy atom. The number of anilines is 1. The Morgan fingerprint density at radius 3 is 1.87 bits per heavy atom. The van der Waals surface area contributed by atoms with Gasteiger partial charge in [0.2, 0.25) is 0 Å². The van der Waals surface area contributed by atoms with E-state index in [0.29, 0.717) is 38.5 Å². The maximum Gasteiger partial charge on any atom is 0.140 e. The summed E-state index contributed by atoms with van der Waals surface area (Å²) in [6.07, 6.45) is 3.81. The molecular formula is C28H25Cl2N7S. The van der Waals surface area contributed by atoms with Gasteiger partial charge in [0, 0.05) is 18.1 Å². The Kier molecular flexibility index (Phi) is 8.53. The van der Waals surface area contributed by atoms with Crippen molar-refractivity contribution in [3.63, 3.8) is 0 Å². The van der Waals surface area contributed by atoms with Gasteiger partial charge < -0.3 is 4.90 Å². The van der Waals surface area contributed by atoms with Crippen LogP contribution in [0.5, 0.6) is 0 Å². The smallest absolute Gasteiger partial charge is 0.140 e. The molecule has 10 heteroatoms. The second-order valence-corrected chi connectivity index (χ2v) is 10.7. The first-order chi connectivity index (χ1) is 18.5. The van der Waals surface area contributed by atoms with Gasteiger partial charge in [-0.3, -0.25) is 0 Å². The Balaban J connectivity index is 1.19. The molecule has 0 N–H and O–H groups in total. The van der Waals surface area contributed by atoms with E-state index in [1.165, 1.54) is 24.3 Å². The van der Waals surface area contributed by atoms with E-state index in [2.05, 4.69) is 41.7 Å². The van der Waals surface area contributed by atoms with Crippen molar-refractivity contribution in [2.75, 3.05) is 18.0 Å². The van der Waals surface area contributed by atoms with Crippen LogP contribution >= 0.6 is 34.5 Å². The van der Waals surface area contributed by atoms with Crippen LogP contribution in [-0.4, -0.2) is 13.1 Å². The number of rotatable bonds is 7. The molecule has 3 aromatic carbocycles. The first-order valence-electron chi connectivity index (χ1n) is 12.3. The standard InChI is InChI=1S/C28H25Cl2N7S/c1-19-5-6-22(17-24(19)29)33-31-20-7-9-21(10-8-20)32-35-26-12-11-23(18-25(26)30)34-36-27-13-14-28(38-27)37-15-3-2-4-16-37/h5-14,17-18H,2-4,15-16H2,1H3. The number of piperidine rings is 1. The summed E-state index contributed by atoms with van der Waals surface area (Å²) in [7, 11) is 0. The van der Waals surface area contributed by atoms with Crippen LogP contribution in [0, 0.1) is 6.92 Å². The maximum absolute atomic E-state index is 6.43. The van der Waals surface area contributed by atoms with Crippen molar-refractivity contribution in [1.82, 2.24) is 0 Å². The molecular weight excluding hydrogens is 537 g/mol. The average molecular weight is 563 g/mol. The van der Waals surface area contributed by atoms with Gasteiger partial charge >= 0.3 is 0 Å². The quantitative estimate of drug-likeness (QED) is 0.206. The molecule has 4 aromatic rings. The molecule has 192 valence electrons. The molecule has 38 heavy (non-hydrogen) atoms. The van der Waals surface area contributed by atoms with Crippen molar-refractivity contribution >= 4 is 73.0 Å². The zero-order valence-electron chi connectivity index (χ0n) is 20.8. The highest BCUT2D eigenvalue weighted by Crippen LogP contribution is 2.36. The monoisotopic (exact) mass is 561 g/mol. The van der Waals surface area contributed by atoms with E-state index >= 15 is 0 Å². The van der Waals surface area contributed by atoms with Crippen molar-refractivity contribution in [3.05, 3.63) is 88.4 Å². The van der Waals surface area contributed by atoms with Crippen molar-refractivity contribution in [2.45, 2.75) is 26.2 Å². The number of aryl methyl sites for hydroxylation is 1. The fourth-order valence-corrected chi connectivity index (χ4v) is 5.13. The maximum atomic E-state index is 6.43. The van der Waals surface area contributed by atoms with Crippen molar-refractivity contribution in [2.24, 2.45) is 30.7 Å². The van der Waals surface area contributed by atoms with Gasteiger partial charge in [-0.2, -0.15) is 15.3 Å². The van der Waals surface area contributed by atoms with Crippen LogP contribution in [-0.2, 0) is 0 Å². The third-order valence-electron chi connectivity index (χ3n) is 6.00. The molecule has 0 radical (unpaired) electrons. The number of nitrogens with zero attached hydrogens (tertiary/aromatic N) is 7. The number of azo groups is 3. The van der Waals surface area contributed by atoms with Crippen LogP contribution in [0.25, 0.3) is 0 Å². The van der Waals surface area contributed by atoms with E-state index in [9.17, 15) is 0 Å². The number of hydrogen-bond acceptors (Lipinski definition) is 8. The van der Waals surface area contributed by atoms with Crippen LogP contribution in [0.15, 0.2) is 103 Å². The molecule has 0 unspecified atom stereocenters. The van der Waals surface area contributed by atoms with Crippen molar-refractivity contribution in [1.29, 1.82) is 0 Å². The fourth-order valence-electron chi connectivity index (χ4n) is 3.86. The number of halogens is 2. The highest BCUT2D eigenvalue weighted by Gasteiger charge is 2.12. The lowest BCUT2D eigenvalue weighted by Gasteiger charge is -2.26. The molecule has 2 heterocycles. The summed E-state index contributed by atoms with van der Waals surface area (Å²) in [5.74, 6) is 0. The van der Waals surface area contributed by atoms with Gasteiger partial charge in [-0.05, 0) is 98.5 Å². The summed E-state index contributed by atoms with van der Waals surface area (Å²) in [5, 5.41) is 29.0. The number of benzene rings is 3. The Bertz CT molecular complexity index is 1490. The normalized spacial score (nSPS) is 14.3. The van der Waals surface area contributed by atoms with Gasteiger partial charge in [0.25, 0.3) is 0 Å². The number of hydrogen-bond donors (Lipinski definition) is 0. The van der Waals surface area contributed by atoms with Gasteiger partial charge in [0.05, 0.1) is 32.8 Å². The second-order valence-electron chi connectivity index (χ2n) is 8.85. The third kappa shape index (κ3) is 6.89. The molecule has 1 fully saturated rings. The molecule has 0 saturated carbocycles. The topological polar surface area (TPSA) is 77.4 Å². The van der Waals surface area contributed by atoms with Gasteiger partial charge in [0.15, 0.2) is 0 Å². The molecule has 7 nitrogen and oxygen atoms in total. The van der Waals surface area contributed by atoms with E-state index in [-0.39, 0.29) is 0 Å². The highest BCUT2D eigenvalue weighted by molar-refractivity contribution is 7.19. The molecule has 1 saturated heterocycles. The van der Waals surface area contributed by atoms with Crippen LogP contribution in [0.4, 0.5) is 38.4 Å². The molecule has 0 bridgehead atoms. The predicted octanol–water partition coefficient (Wildman–Crippen LogP) is 11.6. The molecule has 0 aliphatic carbocycles. The SMILES string of the molecule is Cc1ccc(N=Nc2ccc(N=Nc3ccc(N=Nc4ccc(N5CCCCC5)s4)cc3Cl)cc2)cc1Cl. The van der Waals surface area contributed by atoms with E-state index in [0.717, 1.165) is 23.7 Å². The third-order valence-corrected chi connectivity index (χ3v) is 7.74. The average Bonchev–Trinajstić information content (AvgIpc) is 3.42. The summed E-state index contributed by atoms with van der Waals surface area (Å²) in [4.78, 5) is 2.42. The van der Waals surface area contributed by atoms with Crippen LogP contribution in [0.3, 0.4) is 0 Å². The Labute approximate surface area is 235 Å². The molecule has 0 atom stereocenters. The molecule has 1 aliphatic heterocycles. The molecule has 5 rings (SSSR count). The first kappa shape index (κ1) is 26.2. The Morgan fingerprint density at radius 1 is 0.605 bits per heavy atom. The van der Waals surface area contributed by atoms with E-state index in [4.69, 9.17) is 23.2 Å². The lowest BCUT2D eigenvalue weighted by Crippen LogP contribution is -2.28. The molecule has 0 amide bonds. The van der Waals surface area contributed by atoms with E-state index in [1.54, 1.807) is 29.5 Å². The lowest BCUT2D eigenvalue weighted by atomic mass is 10.1. The minimum absolute atomic E-state index is 0.451. The summed E-state index contributed by atoms with van der Waals surface area (Å²) in [6, 6.07) is 22.3. The lowest BCUT2D eigenvalue weighted by molar-refractivity contribution is 0.580. The summed E-state index contributed by atoms with van der Waals surface area (Å²) in [5.41, 5.74) is 4.27. The summed E-state index contributed by atoms with van der Waals surface area (Å²) in [6.45, 7) is 4.17. The number of thiophene rings is 1.